The standard InChI is InChI=1S/C23H22F3N7O2/c24-23(25,26)21-13-32(22(34)12-16-1-4-18(5-2-16)33-15-27-14-28-33)10-9-31(21)8-7-17-3-6-19-20(11-17)30-35-29-19/h1-6,11,14-15,21H,7-10,12-13H2. The molecule has 182 valence electrons. The summed E-state index contributed by atoms with van der Waals surface area (Å²) in [6.07, 6.45) is -1.02. The lowest BCUT2D eigenvalue weighted by Gasteiger charge is -2.42. The molecule has 0 saturated carbocycles. The zero-order chi connectivity index (χ0) is 24.4. The second-order valence-electron chi connectivity index (χ2n) is 8.45. The van der Waals surface area contributed by atoms with Crippen molar-refractivity contribution in [3.63, 3.8) is 0 Å². The molecule has 0 bridgehead atoms. The summed E-state index contributed by atoms with van der Waals surface area (Å²) in [5, 5.41) is 11.6. The van der Waals surface area contributed by atoms with E-state index < -0.39 is 12.2 Å². The Morgan fingerprint density at radius 3 is 2.54 bits per heavy atom. The van der Waals surface area contributed by atoms with Crippen molar-refractivity contribution in [3.8, 4) is 5.69 Å². The molecule has 3 heterocycles. The van der Waals surface area contributed by atoms with Crippen molar-refractivity contribution in [1.82, 2.24) is 34.9 Å². The molecule has 5 rings (SSSR count). The molecule has 1 unspecified atom stereocenters. The Morgan fingerprint density at radius 1 is 1.03 bits per heavy atom. The summed E-state index contributed by atoms with van der Waals surface area (Å²) in [5.74, 6) is -0.323. The van der Waals surface area contributed by atoms with Crippen LogP contribution in [0.25, 0.3) is 16.7 Å². The minimum Gasteiger partial charge on any atom is -0.339 e. The third-order valence-electron chi connectivity index (χ3n) is 6.20. The first-order chi connectivity index (χ1) is 16.9. The van der Waals surface area contributed by atoms with Gasteiger partial charge in [-0.25, -0.2) is 14.3 Å². The van der Waals surface area contributed by atoms with Crippen molar-refractivity contribution in [3.05, 3.63) is 66.2 Å². The summed E-state index contributed by atoms with van der Waals surface area (Å²) in [4.78, 5) is 19.4. The van der Waals surface area contributed by atoms with Gasteiger partial charge < -0.3 is 4.90 Å². The first kappa shape index (κ1) is 23.0. The third-order valence-corrected chi connectivity index (χ3v) is 6.20. The maximum Gasteiger partial charge on any atom is 0.405 e. The molecule has 2 aromatic heterocycles. The summed E-state index contributed by atoms with van der Waals surface area (Å²) in [5.41, 5.74) is 3.52. The number of piperazine rings is 1. The zero-order valence-corrected chi connectivity index (χ0v) is 18.6. The van der Waals surface area contributed by atoms with Crippen LogP contribution in [0, 0.1) is 0 Å². The van der Waals surface area contributed by atoms with Gasteiger partial charge in [0.1, 0.15) is 29.7 Å². The molecule has 1 aliphatic heterocycles. The molecule has 0 radical (unpaired) electrons. The number of alkyl halides is 3. The fraction of sp³-hybridized carbons (Fsp3) is 0.348. The van der Waals surface area contributed by atoms with E-state index >= 15 is 0 Å². The van der Waals surface area contributed by atoms with Gasteiger partial charge in [0.15, 0.2) is 0 Å². The SMILES string of the molecule is O=C(Cc1ccc(-n2cncn2)cc1)N1CCN(CCc2ccc3nonc3c2)C(C(F)(F)F)C1. The van der Waals surface area contributed by atoms with Gasteiger partial charge in [0.05, 0.1) is 12.1 Å². The number of aromatic nitrogens is 5. The van der Waals surface area contributed by atoms with E-state index in [4.69, 9.17) is 0 Å². The third kappa shape index (κ3) is 5.16. The predicted molar refractivity (Wildman–Crippen MR) is 119 cm³/mol. The number of nitrogens with zero attached hydrogens (tertiary/aromatic N) is 7. The van der Waals surface area contributed by atoms with Gasteiger partial charge in [-0.1, -0.05) is 18.2 Å². The van der Waals surface area contributed by atoms with Gasteiger partial charge >= 0.3 is 6.18 Å². The van der Waals surface area contributed by atoms with Crippen molar-refractivity contribution >= 4 is 16.9 Å². The molecule has 12 heteroatoms. The number of amides is 1. The highest BCUT2D eigenvalue weighted by atomic mass is 19.4. The van der Waals surface area contributed by atoms with E-state index in [2.05, 4.69) is 25.0 Å². The van der Waals surface area contributed by atoms with Crippen molar-refractivity contribution in [1.29, 1.82) is 0 Å². The van der Waals surface area contributed by atoms with E-state index in [1.54, 1.807) is 47.4 Å². The van der Waals surface area contributed by atoms with Crippen molar-refractivity contribution < 1.29 is 22.6 Å². The smallest absolute Gasteiger partial charge is 0.339 e. The molecule has 1 atom stereocenters. The van der Waals surface area contributed by atoms with Crippen LogP contribution < -0.4 is 0 Å². The molecular weight excluding hydrogens is 463 g/mol. The van der Waals surface area contributed by atoms with Crippen LogP contribution in [-0.2, 0) is 17.6 Å². The van der Waals surface area contributed by atoms with Crippen LogP contribution in [-0.4, -0.2) is 79.2 Å². The summed E-state index contributed by atoms with van der Waals surface area (Å²) >= 11 is 0. The van der Waals surface area contributed by atoms with Gasteiger partial charge in [0.2, 0.25) is 5.91 Å². The van der Waals surface area contributed by atoms with Gasteiger partial charge in [-0.15, -0.1) is 0 Å². The number of benzene rings is 2. The Hall–Kier alpha value is -3.80. The molecule has 2 aromatic carbocycles. The number of carbonyl (C=O) groups excluding carboxylic acids is 1. The van der Waals surface area contributed by atoms with E-state index in [0.717, 1.165) is 16.8 Å². The van der Waals surface area contributed by atoms with E-state index in [-0.39, 0.29) is 38.5 Å². The predicted octanol–water partition coefficient (Wildman–Crippen LogP) is 2.66. The van der Waals surface area contributed by atoms with Crippen LogP contribution in [0.5, 0.6) is 0 Å². The van der Waals surface area contributed by atoms with Crippen molar-refractivity contribution in [2.45, 2.75) is 25.1 Å². The maximum absolute atomic E-state index is 13.9. The Bertz CT molecular complexity index is 1290. The van der Waals surface area contributed by atoms with Gasteiger partial charge in [-0.2, -0.15) is 18.3 Å². The second kappa shape index (κ2) is 9.45. The molecule has 1 aliphatic rings. The molecule has 0 spiro atoms. The maximum atomic E-state index is 13.9. The molecule has 0 N–H and O–H groups in total. The first-order valence-corrected chi connectivity index (χ1v) is 11.1. The van der Waals surface area contributed by atoms with Crippen LogP contribution in [0.4, 0.5) is 13.2 Å². The Labute approximate surface area is 198 Å². The van der Waals surface area contributed by atoms with Gasteiger partial charge in [-0.05, 0) is 52.1 Å². The van der Waals surface area contributed by atoms with Crippen LogP contribution in [0.1, 0.15) is 11.1 Å². The quantitative estimate of drug-likeness (QED) is 0.415. The highest BCUT2D eigenvalue weighted by Gasteiger charge is 2.46. The summed E-state index contributed by atoms with van der Waals surface area (Å²) < 4.78 is 48.0. The molecule has 9 nitrogen and oxygen atoms in total. The monoisotopic (exact) mass is 485 g/mol. The number of halogens is 3. The fourth-order valence-corrected chi connectivity index (χ4v) is 4.28. The average molecular weight is 485 g/mol. The summed E-state index contributed by atoms with van der Waals surface area (Å²) in [6, 6.07) is 10.7. The Kier molecular flexibility index (Phi) is 6.20. The van der Waals surface area contributed by atoms with Crippen LogP contribution in [0.15, 0.2) is 59.7 Å². The molecule has 4 aromatic rings. The number of fused-ring (bicyclic) bond motifs is 1. The van der Waals surface area contributed by atoms with E-state index in [0.29, 0.717) is 17.5 Å². The summed E-state index contributed by atoms with van der Waals surface area (Å²) in [7, 11) is 0. The number of rotatable bonds is 6. The van der Waals surface area contributed by atoms with Gasteiger partial charge in [-0.3, -0.25) is 9.69 Å². The lowest BCUT2D eigenvalue weighted by molar-refractivity contribution is -0.197. The molecular formula is C23H22F3N7O2. The number of carbonyl (C=O) groups is 1. The molecule has 1 amide bonds. The topological polar surface area (TPSA) is 93.2 Å². The largest absolute Gasteiger partial charge is 0.405 e. The van der Waals surface area contributed by atoms with Crippen molar-refractivity contribution in [2.24, 2.45) is 0 Å². The fourth-order valence-electron chi connectivity index (χ4n) is 4.28. The number of hydrogen-bond donors (Lipinski definition) is 0. The van der Waals surface area contributed by atoms with E-state index in [1.807, 2.05) is 6.07 Å². The zero-order valence-electron chi connectivity index (χ0n) is 18.6. The lowest BCUT2D eigenvalue weighted by atomic mass is 10.1. The molecule has 1 fully saturated rings. The van der Waals surface area contributed by atoms with Crippen LogP contribution >= 0.6 is 0 Å². The van der Waals surface area contributed by atoms with Gasteiger partial charge in [0.25, 0.3) is 0 Å². The molecule has 35 heavy (non-hydrogen) atoms. The van der Waals surface area contributed by atoms with Gasteiger partial charge in [0, 0.05) is 26.2 Å². The molecule has 0 aliphatic carbocycles. The van der Waals surface area contributed by atoms with Crippen molar-refractivity contribution in [2.75, 3.05) is 26.2 Å². The molecule has 1 saturated heterocycles. The summed E-state index contributed by atoms with van der Waals surface area (Å²) in [6.45, 7) is 0.224. The lowest BCUT2D eigenvalue weighted by Crippen LogP contribution is -2.60. The number of hydrogen-bond acceptors (Lipinski definition) is 7. The van der Waals surface area contributed by atoms with Crippen LogP contribution in [0.2, 0.25) is 0 Å². The Morgan fingerprint density at radius 2 is 1.80 bits per heavy atom. The highest BCUT2D eigenvalue weighted by Crippen LogP contribution is 2.28. The second-order valence-corrected chi connectivity index (χ2v) is 8.45. The Balaban J connectivity index is 1.21. The highest BCUT2D eigenvalue weighted by molar-refractivity contribution is 5.79. The minimum atomic E-state index is -4.45. The average Bonchev–Trinajstić information content (AvgIpc) is 3.54. The van der Waals surface area contributed by atoms with E-state index in [9.17, 15) is 18.0 Å². The normalized spacial score (nSPS) is 17.2. The minimum absolute atomic E-state index is 0.0357. The van der Waals surface area contributed by atoms with E-state index in [1.165, 1.54) is 16.1 Å². The van der Waals surface area contributed by atoms with Crippen LogP contribution in [0.3, 0.4) is 0 Å². The first-order valence-electron chi connectivity index (χ1n) is 11.1.